The van der Waals surface area contributed by atoms with E-state index in [1.165, 1.54) is 4.68 Å². The number of carbonyl (C=O) groups is 2. The van der Waals surface area contributed by atoms with Crippen molar-refractivity contribution in [2.75, 3.05) is 26.2 Å². The zero-order chi connectivity index (χ0) is 20.0. The summed E-state index contributed by atoms with van der Waals surface area (Å²) in [6.07, 6.45) is 5.14. The Morgan fingerprint density at radius 3 is 2.48 bits per heavy atom. The van der Waals surface area contributed by atoms with Gasteiger partial charge in [-0.15, -0.1) is 4.68 Å². The number of hydrogen-bond donors (Lipinski definition) is 0. The molecule has 1 aliphatic carbocycles. The minimum atomic E-state index is -0.364. The molecule has 2 fully saturated rings. The van der Waals surface area contributed by atoms with Crippen LogP contribution in [0, 0.1) is 5.21 Å². The third kappa shape index (κ3) is 3.07. The van der Waals surface area contributed by atoms with Crippen molar-refractivity contribution in [2.45, 2.75) is 44.2 Å². The van der Waals surface area contributed by atoms with E-state index in [0.717, 1.165) is 51.9 Å². The highest BCUT2D eigenvalue weighted by atomic mass is 16.5. The molecular formula is C21H24N4O4. The number of ketones is 2. The summed E-state index contributed by atoms with van der Waals surface area (Å²) >= 11 is 0. The highest BCUT2D eigenvalue weighted by Crippen LogP contribution is 2.35. The van der Waals surface area contributed by atoms with Gasteiger partial charge in [0.15, 0.2) is 5.69 Å². The second-order valence-corrected chi connectivity index (χ2v) is 8.21. The number of rotatable bonds is 4. The SMILES string of the molecule is O=C1c2ccccc2C(=O)c2c1n[n+]([O-])n2CCCN1CCC2(CCCO2)CC1. The molecule has 0 N–H and O–H groups in total. The van der Waals surface area contributed by atoms with Crippen LogP contribution in [0.1, 0.15) is 64.2 Å². The highest BCUT2D eigenvalue weighted by Gasteiger charge is 2.40. The van der Waals surface area contributed by atoms with Gasteiger partial charge in [-0.25, -0.2) is 0 Å². The first kappa shape index (κ1) is 18.4. The number of piperidine rings is 1. The van der Waals surface area contributed by atoms with Gasteiger partial charge in [-0.05, 0) is 32.1 Å². The number of hydrogen-bond acceptors (Lipinski definition) is 6. The normalized spacial score (nSPS) is 20.8. The molecule has 0 atom stereocenters. The van der Waals surface area contributed by atoms with Crippen LogP contribution in [0.25, 0.3) is 0 Å². The van der Waals surface area contributed by atoms with Gasteiger partial charge in [0.1, 0.15) is 0 Å². The van der Waals surface area contributed by atoms with E-state index >= 15 is 0 Å². The minimum Gasteiger partial charge on any atom is -0.571 e. The van der Waals surface area contributed by atoms with E-state index < -0.39 is 0 Å². The van der Waals surface area contributed by atoms with E-state index in [4.69, 9.17) is 4.74 Å². The number of nitrogens with zero attached hydrogens (tertiary/aromatic N) is 4. The third-order valence-electron chi connectivity index (χ3n) is 6.52. The standard InChI is InChI=1S/C21H24N4O4/c26-19-15-5-1-2-6-16(15)20(27)18-17(19)22-25(28)24(18)11-4-10-23-12-8-21(9-13-23)7-3-14-29-21/h1-2,5-6H,3-4,7-14H2. The highest BCUT2D eigenvalue weighted by molar-refractivity contribution is 6.26. The van der Waals surface area contributed by atoms with Crippen LogP contribution in [-0.2, 0) is 11.3 Å². The number of likely N-dealkylation sites (tertiary alicyclic amines) is 1. The maximum absolute atomic E-state index is 12.9. The van der Waals surface area contributed by atoms with Gasteiger partial charge in [0.05, 0.1) is 12.1 Å². The summed E-state index contributed by atoms with van der Waals surface area (Å²) in [5.41, 5.74) is 0.817. The number of ether oxygens (including phenoxy) is 1. The van der Waals surface area contributed by atoms with Crippen LogP contribution in [0.3, 0.4) is 0 Å². The Bertz CT molecular complexity index is 967. The van der Waals surface area contributed by atoms with Crippen molar-refractivity contribution in [1.29, 1.82) is 0 Å². The largest absolute Gasteiger partial charge is 0.571 e. The molecular weight excluding hydrogens is 372 g/mol. The Kier molecular flexibility index (Phi) is 4.48. The molecule has 3 aliphatic rings. The molecule has 0 bridgehead atoms. The predicted octanol–water partition coefficient (Wildman–Crippen LogP) is 1.33. The summed E-state index contributed by atoms with van der Waals surface area (Å²) in [4.78, 5) is 28.3. The number of fused-ring (bicyclic) bond motifs is 2. The summed E-state index contributed by atoms with van der Waals surface area (Å²) in [6.45, 7) is 4.05. The van der Waals surface area contributed by atoms with Crippen LogP contribution in [0.4, 0.5) is 0 Å². The molecule has 1 spiro atoms. The second-order valence-electron chi connectivity index (χ2n) is 8.21. The molecule has 5 rings (SSSR count). The van der Waals surface area contributed by atoms with Crippen molar-refractivity contribution >= 4 is 11.6 Å². The quantitative estimate of drug-likeness (QED) is 0.488. The van der Waals surface area contributed by atoms with Crippen LogP contribution < -0.4 is 4.96 Å². The molecule has 8 heteroatoms. The molecule has 1 aromatic carbocycles. The van der Waals surface area contributed by atoms with E-state index in [0.29, 0.717) is 29.1 Å². The number of benzene rings is 1. The molecule has 0 radical (unpaired) electrons. The van der Waals surface area contributed by atoms with Crippen molar-refractivity contribution in [3.63, 3.8) is 0 Å². The number of aromatic nitrogens is 3. The van der Waals surface area contributed by atoms with Crippen molar-refractivity contribution in [3.05, 3.63) is 52.0 Å². The lowest BCUT2D eigenvalue weighted by Gasteiger charge is -2.38. The summed E-state index contributed by atoms with van der Waals surface area (Å²) in [6, 6.07) is 6.65. The lowest BCUT2D eigenvalue weighted by atomic mass is 9.88. The van der Waals surface area contributed by atoms with Crippen molar-refractivity contribution in [1.82, 2.24) is 14.7 Å². The second kappa shape index (κ2) is 7.03. The van der Waals surface area contributed by atoms with Crippen LogP contribution in [0.15, 0.2) is 24.3 Å². The Labute approximate surface area is 168 Å². The van der Waals surface area contributed by atoms with Gasteiger partial charge in [0, 0.05) is 47.4 Å². The van der Waals surface area contributed by atoms with Crippen molar-refractivity contribution < 1.29 is 19.3 Å². The van der Waals surface area contributed by atoms with E-state index in [1.54, 1.807) is 24.3 Å². The van der Waals surface area contributed by atoms with E-state index in [-0.39, 0.29) is 28.6 Å². The maximum Gasteiger partial charge on any atom is 0.220 e. The first-order chi connectivity index (χ1) is 14.1. The Hall–Kier alpha value is -2.58. The topological polar surface area (TPSA) is 91.4 Å². The van der Waals surface area contributed by atoms with Crippen LogP contribution in [-0.4, -0.2) is 58.1 Å². The predicted molar refractivity (Wildman–Crippen MR) is 103 cm³/mol. The molecule has 0 saturated carbocycles. The van der Waals surface area contributed by atoms with Crippen molar-refractivity contribution in [2.24, 2.45) is 0 Å². The Morgan fingerprint density at radius 2 is 1.79 bits per heavy atom. The van der Waals surface area contributed by atoms with E-state index in [2.05, 4.69) is 10.00 Å². The zero-order valence-corrected chi connectivity index (χ0v) is 16.3. The Morgan fingerprint density at radius 1 is 1.07 bits per heavy atom. The third-order valence-corrected chi connectivity index (χ3v) is 6.52. The molecule has 2 saturated heterocycles. The monoisotopic (exact) mass is 396 g/mol. The van der Waals surface area contributed by atoms with Gasteiger partial charge in [0.2, 0.25) is 17.3 Å². The smallest absolute Gasteiger partial charge is 0.220 e. The summed E-state index contributed by atoms with van der Waals surface area (Å²) in [5, 5.41) is 16.2. The molecule has 8 nitrogen and oxygen atoms in total. The van der Waals surface area contributed by atoms with E-state index in [1.807, 2.05) is 0 Å². The number of carbonyl (C=O) groups excluding carboxylic acids is 2. The first-order valence-electron chi connectivity index (χ1n) is 10.3. The van der Waals surface area contributed by atoms with Gasteiger partial charge in [0.25, 0.3) is 0 Å². The fourth-order valence-electron chi connectivity index (χ4n) is 4.88. The average Bonchev–Trinajstić information content (AvgIpc) is 3.33. The molecule has 152 valence electrons. The van der Waals surface area contributed by atoms with Crippen LogP contribution in [0.2, 0.25) is 0 Å². The summed E-state index contributed by atoms with van der Waals surface area (Å²) in [7, 11) is 0. The lowest BCUT2D eigenvalue weighted by Crippen LogP contribution is -2.45. The van der Waals surface area contributed by atoms with Crippen LogP contribution >= 0.6 is 0 Å². The maximum atomic E-state index is 12.9. The van der Waals surface area contributed by atoms with E-state index in [9.17, 15) is 14.8 Å². The molecule has 1 aromatic heterocycles. The molecule has 3 heterocycles. The lowest BCUT2D eigenvalue weighted by molar-refractivity contribution is -0.749. The average molecular weight is 396 g/mol. The van der Waals surface area contributed by atoms with Gasteiger partial charge in [-0.3, -0.25) is 9.59 Å². The summed E-state index contributed by atoms with van der Waals surface area (Å²) < 4.78 is 7.27. The molecule has 2 aliphatic heterocycles. The van der Waals surface area contributed by atoms with Crippen molar-refractivity contribution in [3.8, 4) is 0 Å². The van der Waals surface area contributed by atoms with Gasteiger partial charge in [-0.1, -0.05) is 24.3 Å². The van der Waals surface area contributed by atoms with Gasteiger partial charge < -0.3 is 14.8 Å². The zero-order valence-electron chi connectivity index (χ0n) is 16.3. The molecule has 0 amide bonds. The molecule has 2 aromatic rings. The van der Waals surface area contributed by atoms with Gasteiger partial charge in [-0.2, -0.15) is 0 Å². The fraction of sp³-hybridized carbons (Fsp3) is 0.524. The Balaban J connectivity index is 1.27. The molecule has 0 unspecified atom stereocenters. The minimum absolute atomic E-state index is 0.0398. The van der Waals surface area contributed by atoms with Crippen LogP contribution in [0.5, 0.6) is 0 Å². The first-order valence-corrected chi connectivity index (χ1v) is 10.3. The summed E-state index contributed by atoms with van der Waals surface area (Å²) in [5.74, 6) is -0.674. The van der Waals surface area contributed by atoms with Gasteiger partial charge >= 0.3 is 0 Å². The fourth-order valence-corrected chi connectivity index (χ4v) is 4.88. The molecule has 29 heavy (non-hydrogen) atoms.